The van der Waals surface area contributed by atoms with Crippen LogP contribution < -0.4 is 4.74 Å². The summed E-state index contributed by atoms with van der Waals surface area (Å²) in [5.41, 5.74) is -0.971. The number of hydrogen-bond donors (Lipinski definition) is 0. The van der Waals surface area contributed by atoms with Crippen LogP contribution in [-0.2, 0) is 17.4 Å². The van der Waals surface area contributed by atoms with Crippen LogP contribution in [0, 0.1) is 0 Å². The van der Waals surface area contributed by atoms with Gasteiger partial charge in [0.15, 0.2) is 0 Å². The molecule has 0 aliphatic carbocycles. The van der Waals surface area contributed by atoms with E-state index in [-0.39, 0.29) is 23.5 Å². The molecule has 0 aliphatic rings. The van der Waals surface area contributed by atoms with Gasteiger partial charge in [-0.1, -0.05) is 0 Å². The Morgan fingerprint density at radius 1 is 1.35 bits per heavy atom. The molecule has 23 heavy (non-hydrogen) atoms. The second-order valence-electron chi connectivity index (χ2n) is 4.59. The number of ketones is 1. The van der Waals surface area contributed by atoms with Crippen LogP contribution in [0.4, 0.5) is 22.0 Å². The predicted octanol–water partition coefficient (Wildman–Crippen LogP) is 4.56. The van der Waals surface area contributed by atoms with Gasteiger partial charge in [0.25, 0.3) is 0 Å². The predicted molar refractivity (Wildman–Crippen MR) is 73.6 cm³/mol. The number of Topliss-reactive ketones (excluding diaryl/α,β-unsaturated/α-hetero) is 1. The molecular weight excluding hydrogens is 341 g/mol. The van der Waals surface area contributed by atoms with Crippen LogP contribution in [0.3, 0.4) is 0 Å². The van der Waals surface area contributed by atoms with Gasteiger partial charge in [-0.05, 0) is 25.1 Å². The fourth-order valence-corrected chi connectivity index (χ4v) is 2.72. The van der Waals surface area contributed by atoms with Crippen molar-refractivity contribution in [3.63, 3.8) is 0 Å². The van der Waals surface area contributed by atoms with Gasteiger partial charge in [-0.25, -0.2) is 4.98 Å². The SMILES string of the molecule is CC(=O)Cc1nc(-c2ccc(OC(F)F)c(C(F)(F)F)c2)cs1. The first kappa shape index (κ1) is 17.3. The van der Waals surface area contributed by atoms with Crippen LogP contribution in [0.1, 0.15) is 17.5 Å². The number of nitrogens with zero attached hydrogens (tertiary/aromatic N) is 1. The van der Waals surface area contributed by atoms with E-state index < -0.39 is 24.1 Å². The molecule has 0 atom stereocenters. The van der Waals surface area contributed by atoms with Crippen molar-refractivity contribution in [1.82, 2.24) is 4.98 Å². The fraction of sp³-hybridized carbons (Fsp3) is 0.286. The molecule has 0 unspecified atom stereocenters. The maximum atomic E-state index is 13.0. The lowest BCUT2D eigenvalue weighted by Gasteiger charge is -2.14. The maximum absolute atomic E-state index is 13.0. The molecule has 0 fully saturated rings. The van der Waals surface area contributed by atoms with Gasteiger partial charge in [-0.15, -0.1) is 11.3 Å². The molecule has 0 N–H and O–H groups in total. The molecule has 0 radical (unpaired) electrons. The number of rotatable bonds is 5. The van der Waals surface area contributed by atoms with Crippen molar-refractivity contribution in [1.29, 1.82) is 0 Å². The number of carbonyl (C=O) groups is 1. The van der Waals surface area contributed by atoms with Crippen LogP contribution >= 0.6 is 11.3 Å². The third kappa shape index (κ3) is 4.47. The lowest BCUT2D eigenvalue weighted by Crippen LogP contribution is -2.11. The number of aromatic nitrogens is 1. The summed E-state index contributed by atoms with van der Waals surface area (Å²) >= 11 is 1.14. The van der Waals surface area contributed by atoms with Crippen LogP contribution in [-0.4, -0.2) is 17.4 Å². The monoisotopic (exact) mass is 351 g/mol. The second kappa shape index (κ2) is 6.61. The molecule has 9 heteroatoms. The summed E-state index contributed by atoms with van der Waals surface area (Å²) in [5.74, 6) is -1.07. The van der Waals surface area contributed by atoms with Crippen molar-refractivity contribution in [2.45, 2.75) is 26.1 Å². The second-order valence-corrected chi connectivity index (χ2v) is 5.54. The lowest BCUT2D eigenvalue weighted by atomic mass is 10.1. The van der Waals surface area contributed by atoms with Crippen LogP contribution in [0.15, 0.2) is 23.6 Å². The largest absolute Gasteiger partial charge is 0.434 e. The minimum atomic E-state index is -4.85. The van der Waals surface area contributed by atoms with Gasteiger partial charge >= 0.3 is 12.8 Å². The Morgan fingerprint density at radius 3 is 2.61 bits per heavy atom. The van der Waals surface area contributed by atoms with Gasteiger partial charge in [-0.2, -0.15) is 22.0 Å². The summed E-state index contributed by atoms with van der Waals surface area (Å²) in [5, 5.41) is 1.97. The van der Waals surface area contributed by atoms with E-state index in [1.807, 2.05) is 0 Å². The molecule has 1 aromatic carbocycles. The Balaban J connectivity index is 2.40. The first-order valence-electron chi connectivity index (χ1n) is 6.27. The lowest BCUT2D eigenvalue weighted by molar-refractivity contribution is -0.141. The van der Waals surface area contributed by atoms with E-state index in [9.17, 15) is 26.7 Å². The zero-order valence-corrected chi connectivity index (χ0v) is 12.5. The normalized spacial score (nSPS) is 11.8. The minimum Gasteiger partial charge on any atom is -0.434 e. The Labute approximate surface area is 131 Å². The third-order valence-corrected chi connectivity index (χ3v) is 3.60. The number of alkyl halides is 5. The Kier molecular flexibility index (Phi) is 4.98. The first-order chi connectivity index (χ1) is 10.7. The molecule has 0 saturated heterocycles. The summed E-state index contributed by atoms with van der Waals surface area (Å²) in [6.45, 7) is -1.98. The van der Waals surface area contributed by atoms with Gasteiger partial charge < -0.3 is 4.74 Å². The molecule has 3 nitrogen and oxygen atoms in total. The van der Waals surface area contributed by atoms with Crippen molar-refractivity contribution in [3.8, 4) is 17.0 Å². The van der Waals surface area contributed by atoms with E-state index in [4.69, 9.17) is 0 Å². The van der Waals surface area contributed by atoms with E-state index in [0.717, 1.165) is 17.4 Å². The number of halogens is 5. The number of benzene rings is 1. The topological polar surface area (TPSA) is 39.2 Å². The molecule has 0 aliphatic heterocycles. The Bertz CT molecular complexity index is 711. The summed E-state index contributed by atoms with van der Waals surface area (Å²) in [7, 11) is 0. The van der Waals surface area contributed by atoms with E-state index >= 15 is 0 Å². The van der Waals surface area contributed by atoms with Crippen molar-refractivity contribution in [2.75, 3.05) is 0 Å². The standard InChI is InChI=1S/C14H10F5NO2S/c1-7(21)4-12-20-10(6-23-12)8-2-3-11(22-13(15)16)9(5-8)14(17,18)19/h2-3,5-6,13H,4H2,1H3. The molecule has 0 bridgehead atoms. The Hall–Kier alpha value is -2.03. The van der Waals surface area contributed by atoms with Crippen LogP contribution in [0.2, 0.25) is 0 Å². The van der Waals surface area contributed by atoms with Gasteiger partial charge in [0.05, 0.1) is 17.7 Å². The zero-order chi connectivity index (χ0) is 17.2. The number of thiazole rings is 1. The quantitative estimate of drug-likeness (QED) is 0.741. The summed E-state index contributed by atoms with van der Waals surface area (Å²) in [4.78, 5) is 15.1. The molecule has 2 rings (SSSR count). The molecule has 124 valence electrons. The molecular formula is C14H10F5NO2S. The average molecular weight is 351 g/mol. The summed E-state index contributed by atoms with van der Waals surface area (Å²) < 4.78 is 67.3. The third-order valence-electron chi connectivity index (χ3n) is 2.75. The average Bonchev–Trinajstić information content (AvgIpc) is 2.84. The van der Waals surface area contributed by atoms with E-state index in [1.54, 1.807) is 0 Å². The smallest absolute Gasteiger partial charge is 0.419 e. The fourth-order valence-electron chi connectivity index (χ4n) is 1.85. The highest BCUT2D eigenvalue weighted by Crippen LogP contribution is 2.39. The van der Waals surface area contributed by atoms with E-state index in [0.29, 0.717) is 11.1 Å². The number of carbonyl (C=O) groups excluding carboxylic acids is 1. The molecule has 1 heterocycles. The molecule has 0 saturated carbocycles. The van der Waals surface area contributed by atoms with Gasteiger partial charge in [0.1, 0.15) is 16.5 Å². The van der Waals surface area contributed by atoms with E-state index in [2.05, 4.69) is 9.72 Å². The van der Waals surface area contributed by atoms with Crippen LogP contribution in [0.25, 0.3) is 11.3 Å². The van der Waals surface area contributed by atoms with Crippen molar-refractivity contribution in [3.05, 3.63) is 34.2 Å². The van der Waals surface area contributed by atoms with Crippen molar-refractivity contribution >= 4 is 17.1 Å². The van der Waals surface area contributed by atoms with Gasteiger partial charge in [0, 0.05) is 10.9 Å². The summed E-state index contributed by atoms with van der Waals surface area (Å²) in [6.07, 6.45) is -4.76. The van der Waals surface area contributed by atoms with Crippen LogP contribution in [0.5, 0.6) is 5.75 Å². The molecule has 1 aromatic heterocycles. The summed E-state index contributed by atoms with van der Waals surface area (Å²) in [6, 6.07) is 2.73. The van der Waals surface area contributed by atoms with Crippen molar-refractivity contribution in [2.24, 2.45) is 0 Å². The van der Waals surface area contributed by atoms with E-state index in [1.165, 1.54) is 18.4 Å². The molecule has 0 spiro atoms. The Morgan fingerprint density at radius 2 is 2.04 bits per heavy atom. The highest BCUT2D eigenvalue weighted by atomic mass is 32.1. The first-order valence-corrected chi connectivity index (χ1v) is 7.15. The number of ether oxygens (including phenoxy) is 1. The van der Waals surface area contributed by atoms with Crippen molar-refractivity contribution < 1.29 is 31.5 Å². The molecule has 2 aromatic rings. The highest BCUT2D eigenvalue weighted by Gasteiger charge is 2.35. The molecule has 0 amide bonds. The van der Waals surface area contributed by atoms with Gasteiger partial charge in [-0.3, -0.25) is 4.79 Å². The zero-order valence-electron chi connectivity index (χ0n) is 11.7. The van der Waals surface area contributed by atoms with Gasteiger partial charge in [0.2, 0.25) is 0 Å². The maximum Gasteiger partial charge on any atom is 0.419 e. The minimum absolute atomic E-state index is 0.0867. The number of hydrogen-bond acceptors (Lipinski definition) is 4. The highest BCUT2D eigenvalue weighted by molar-refractivity contribution is 7.10.